The fourth-order valence-corrected chi connectivity index (χ4v) is 9.42. The van der Waals surface area contributed by atoms with Crippen LogP contribution >= 0.6 is 11.3 Å². The lowest BCUT2D eigenvalue weighted by molar-refractivity contribution is 0.510. The predicted molar refractivity (Wildman–Crippen MR) is 210 cm³/mol. The van der Waals surface area contributed by atoms with Crippen molar-refractivity contribution in [3.8, 4) is 39.5 Å². The lowest BCUT2D eigenvalue weighted by Gasteiger charge is -2.28. The maximum absolute atomic E-state index is 5.04. The standard InChI is InChI=1S/C46H33N3S/c1-2-10-30(11-3-1)31-20-22-32(23-21-31)41-26-27-47-46(48-41)34-12-8-13-35(28-34)49-42-18-6-4-14-37(42)40-29-33(24-25-43(40)49)36-16-9-17-39-38-15-5-7-19-44(38)50-45(36)39/h1-15,17-28,33,36H,16,29H2. The number of para-hydroxylation sites is 1. The van der Waals surface area contributed by atoms with Crippen molar-refractivity contribution in [2.45, 2.75) is 18.8 Å². The fraction of sp³-hybridized carbons (Fsp3) is 0.0870. The van der Waals surface area contributed by atoms with Gasteiger partial charge in [-0.15, -0.1) is 11.3 Å². The van der Waals surface area contributed by atoms with E-state index in [-0.39, 0.29) is 0 Å². The Balaban J connectivity index is 0.997. The smallest absolute Gasteiger partial charge is 0.159 e. The van der Waals surface area contributed by atoms with Crippen molar-refractivity contribution in [3.63, 3.8) is 0 Å². The number of benzene rings is 5. The fourth-order valence-electron chi connectivity index (χ4n) is 8.04. The van der Waals surface area contributed by atoms with Crippen LogP contribution in [0.5, 0.6) is 0 Å². The summed E-state index contributed by atoms with van der Waals surface area (Å²) < 4.78 is 3.82. The number of fused-ring (bicyclic) bond motifs is 6. The van der Waals surface area contributed by atoms with Crippen molar-refractivity contribution < 1.29 is 0 Å². The summed E-state index contributed by atoms with van der Waals surface area (Å²) in [6.07, 6.45) is 13.6. The quantitative estimate of drug-likeness (QED) is 0.184. The molecule has 0 amide bonds. The summed E-state index contributed by atoms with van der Waals surface area (Å²) >= 11 is 1.98. The third kappa shape index (κ3) is 4.87. The van der Waals surface area contributed by atoms with Gasteiger partial charge in [0, 0.05) is 49.6 Å². The Morgan fingerprint density at radius 3 is 2.32 bits per heavy atom. The summed E-state index contributed by atoms with van der Waals surface area (Å²) in [5.41, 5.74) is 11.9. The molecule has 0 aliphatic heterocycles. The predicted octanol–water partition coefficient (Wildman–Crippen LogP) is 12.0. The Labute approximate surface area is 295 Å². The van der Waals surface area contributed by atoms with Gasteiger partial charge in [0.2, 0.25) is 0 Å². The van der Waals surface area contributed by atoms with E-state index in [4.69, 9.17) is 9.97 Å². The molecular weight excluding hydrogens is 627 g/mol. The molecule has 0 saturated heterocycles. The second-order valence-corrected chi connectivity index (χ2v) is 14.4. The van der Waals surface area contributed by atoms with Gasteiger partial charge >= 0.3 is 0 Å². The van der Waals surface area contributed by atoms with Crippen LogP contribution in [0.15, 0.2) is 152 Å². The Bertz CT molecular complexity index is 2610. The molecule has 4 heteroatoms. The molecule has 50 heavy (non-hydrogen) atoms. The van der Waals surface area contributed by atoms with E-state index in [1.807, 2.05) is 29.7 Å². The molecule has 2 unspecified atom stereocenters. The van der Waals surface area contributed by atoms with Crippen LogP contribution in [0.2, 0.25) is 0 Å². The van der Waals surface area contributed by atoms with Gasteiger partial charge in [0.1, 0.15) is 0 Å². The molecule has 3 aromatic heterocycles. The van der Waals surface area contributed by atoms with Crippen LogP contribution < -0.4 is 0 Å². The zero-order valence-electron chi connectivity index (χ0n) is 27.4. The van der Waals surface area contributed by atoms with Gasteiger partial charge in [-0.25, -0.2) is 9.97 Å². The van der Waals surface area contributed by atoms with Crippen molar-refractivity contribution in [1.29, 1.82) is 0 Å². The molecule has 0 N–H and O–H groups in total. The number of allylic oxidation sites excluding steroid dienone is 2. The minimum absolute atomic E-state index is 0.447. The lowest BCUT2D eigenvalue weighted by atomic mass is 9.77. The molecule has 0 bridgehead atoms. The van der Waals surface area contributed by atoms with E-state index in [2.05, 4.69) is 150 Å². The third-order valence-electron chi connectivity index (χ3n) is 10.5. The molecule has 3 heterocycles. The van der Waals surface area contributed by atoms with E-state index < -0.39 is 0 Å². The van der Waals surface area contributed by atoms with Gasteiger partial charge in [0.25, 0.3) is 0 Å². The zero-order chi connectivity index (χ0) is 33.0. The monoisotopic (exact) mass is 659 g/mol. The first-order valence-corrected chi connectivity index (χ1v) is 18.2. The molecule has 2 atom stereocenters. The number of hydrogen-bond acceptors (Lipinski definition) is 3. The summed E-state index contributed by atoms with van der Waals surface area (Å²) in [6.45, 7) is 0. The van der Waals surface area contributed by atoms with Crippen LogP contribution in [-0.2, 0) is 6.42 Å². The molecule has 0 radical (unpaired) electrons. The first-order chi connectivity index (χ1) is 24.8. The Morgan fingerprint density at radius 1 is 0.660 bits per heavy atom. The minimum atomic E-state index is 0.447. The molecule has 0 saturated carbocycles. The first-order valence-electron chi connectivity index (χ1n) is 17.4. The second kappa shape index (κ2) is 11.9. The van der Waals surface area contributed by atoms with Gasteiger partial charge in [-0.2, -0.15) is 0 Å². The van der Waals surface area contributed by atoms with Gasteiger partial charge in [0.15, 0.2) is 5.82 Å². The normalized spacial score (nSPS) is 16.5. The van der Waals surface area contributed by atoms with E-state index in [1.54, 1.807) is 0 Å². The summed E-state index contributed by atoms with van der Waals surface area (Å²) in [7, 11) is 0. The SMILES string of the molecule is C1=Cc2c(sc3ccccc23)C(C2C=Cc3c(c4ccccc4n3-c3cccc(-c4nccc(-c5ccc(-c6ccccc6)cc5)n4)c3)C2)C1. The average Bonchev–Trinajstić information content (AvgIpc) is 3.74. The molecular formula is C46H33N3S. The van der Waals surface area contributed by atoms with Crippen molar-refractivity contribution >= 4 is 44.5 Å². The molecule has 2 aliphatic carbocycles. The number of hydrogen-bond donors (Lipinski definition) is 0. The van der Waals surface area contributed by atoms with Gasteiger partial charge in [-0.1, -0.05) is 121 Å². The Kier molecular flexibility index (Phi) is 6.95. The number of thiophene rings is 1. The minimum Gasteiger partial charge on any atom is -0.310 e. The van der Waals surface area contributed by atoms with Crippen LogP contribution in [0, 0.1) is 5.92 Å². The van der Waals surface area contributed by atoms with E-state index in [9.17, 15) is 0 Å². The Hall–Kier alpha value is -5.84. The summed E-state index contributed by atoms with van der Waals surface area (Å²) in [5.74, 6) is 1.66. The third-order valence-corrected chi connectivity index (χ3v) is 11.8. The highest BCUT2D eigenvalue weighted by Crippen LogP contribution is 2.48. The molecule has 0 fully saturated rings. The number of rotatable bonds is 5. The van der Waals surface area contributed by atoms with E-state index in [0.717, 1.165) is 41.2 Å². The molecule has 0 spiro atoms. The van der Waals surface area contributed by atoms with Crippen molar-refractivity contribution in [3.05, 3.63) is 174 Å². The molecule has 2 aliphatic rings. The maximum atomic E-state index is 5.04. The van der Waals surface area contributed by atoms with Crippen LogP contribution in [0.25, 0.3) is 72.6 Å². The van der Waals surface area contributed by atoms with Gasteiger partial charge in [0.05, 0.1) is 11.2 Å². The molecule has 10 rings (SSSR count). The molecule has 3 nitrogen and oxygen atoms in total. The van der Waals surface area contributed by atoms with E-state index in [1.165, 1.54) is 53.8 Å². The highest BCUT2D eigenvalue weighted by atomic mass is 32.1. The van der Waals surface area contributed by atoms with E-state index >= 15 is 0 Å². The average molecular weight is 660 g/mol. The van der Waals surface area contributed by atoms with Crippen LogP contribution in [0.4, 0.5) is 0 Å². The number of nitrogens with zero attached hydrogens (tertiary/aromatic N) is 3. The van der Waals surface area contributed by atoms with Crippen LogP contribution in [-0.4, -0.2) is 14.5 Å². The topological polar surface area (TPSA) is 30.7 Å². The zero-order valence-corrected chi connectivity index (χ0v) is 28.2. The maximum Gasteiger partial charge on any atom is 0.159 e. The summed E-state index contributed by atoms with van der Waals surface area (Å²) in [4.78, 5) is 11.3. The van der Waals surface area contributed by atoms with Crippen molar-refractivity contribution in [1.82, 2.24) is 14.5 Å². The van der Waals surface area contributed by atoms with E-state index in [0.29, 0.717) is 11.8 Å². The second-order valence-electron chi connectivity index (χ2n) is 13.3. The number of aromatic nitrogens is 3. The van der Waals surface area contributed by atoms with Gasteiger partial charge in [-0.05, 0) is 82.8 Å². The molecule has 8 aromatic rings. The first kappa shape index (κ1) is 29.1. The summed E-state index contributed by atoms with van der Waals surface area (Å²) in [5, 5.41) is 2.73. The van der Waals surface area contributed by atoms with Crippen LogP contribution in [0.1, 0.15) is 34.0 Å². The van der Waals surface area contributed by atoms with Crippen LogP contribution in [0.3, 0.4) is 0 Å². The molecule has 238 valence electrons. The highest BCUT2D eigenvalue weighted by Gasteiger charge is 2.31. The largest absolute Gasteiger partial charge is 0.310 e. The van der Waals surface area contributed by atoms with Crippen molar-refractivity contribution in [2.24, 2.45) is 5.92 Å². The van der Waals surface area contributed by atoms with Gasteiger partial charge < -0.3 is 4.57 Å². The molecule has 5 aromatic carbocycles. The lowest BCUT2D eigenvalue weighted by Crippen LogP contribution is -2.17. The van der Waals surface area contributed by atoms with Crippen molar-refractivity contribution in [2.75, 3.05) is 0 Å². The Morgan fingerprint density at radius 2 is 1.42 bits per heavy atom. The summed E-state index contributed by atoms with van der Waals surface area (Å²) in [6, 6.07) is 47.5. The highest BCUT2D eigenvalue weighted by molar-refractivity contribution is 7.19. The van der Waals surface area contributed by atoms with Gasteiger partial charge in [-0.3, -0.25) is 0 Å².